The maximum absolute atomic E-state index is 5.74. The zero-order valence-electron chi connectivity index (χ0n) is 6.70. The minimum absolute atomic E-state index is 0.719. The third kappa shape index (κ3) is 1.59. The molecule has 0 spiro atoms. The SMILES string of the molecule is Nc1ccnc(-c2ccsc2)c1Br. The number of halogens is 1. The Morgan fingerprint density at radius 1 is 1.38 bits per heavy atom. The summed E-state index contributed by atoms with van der Waals surface area (Å²) < 4.78 is 0.869. The molecule has 66 valence electrons. The minimum Gasteiger partial charge on any atom is -0.398 e. The van der Waals surface area contributed by atoms with Crippen LogP contribution in [0, 0.1) is 0 Å². The Morgan fingerprint density at radius 2 is 2.23 bits per heavy atom. The van der Waals surface area contributed by atoms with Gasteiger partial charge in [-0.2, -0.15) is 11.3 Å². The van der Waals surface area contributed by atoms with E-state index < -0.39 is 0 Å². The molecule has 2 aromatic heterocycles. The van der Waals surface area contributed by atoms with E-state index in [-0.39, 0.29) is 0 Å². The molecule has 2 rings (SSSR count). The van der Waals surface area contributed by atoms with E-state index in [9.17, 15) is 0 Å². The second kappa shape index (κ2) is 3.47. The number of anilines is 1. The number of nitrogens with zero attached hydrogens (tertiary/aromatic N) is 1. The number of nitrogens with two attached hydrogens (primary N) is 1. The van der Waals surface area contributed by atoms with Crippen molar-refractivity contribution in [2.45, 2.75) is 0 Å². The van der Waals surface area contributed by atoms with Gasteiger partial charge < -0.3 is 5.73 Å². The van der Waals surface area contributed by atoms with Crippen LogP contribution in [0.1, 0.15) is 0 Å². The van der Waals surface area contributed by atoms with Gasteiger partial charge in [-0.3, -0.25) is 4.98 Å². The molecule has 0 fully saturated rings. The molecule has 0 saturated heterocycles. The van der Waals surface area contributed by atoms with Crippen LogP contribution < -0.4 is 5.73 Å². The zero-order chi connectivity index (χ0) is 9.26. The average molecular weight is 255 g/mol. The summed E-state index contributed by atoms with van der Waals surface area (Å²) in [6.07, 6.45) is 1.72. The second-order valence-corrected chi connectivity index (χ2v) is 4.15. The smallest absolute Gasteiger partial charge is 0.0873 e. The van der Waals surface area contributed by atoms with E-state index in [1.54, 1.807) is 23.6 Å². The minimum atomic E-state index is 0.719. The fraction of sp³-hybridized carbons (Fsp3) is 0. The Kier molecular flexibility index (Phi) is 2.33. The lowest BCUT2D eigenvalue weighted by Crippen LogP contribution is -1.90. The third-order valence-corrected chi connectivity index (χ3v) is 3.23. The van der Waals surface area contributed by atoms with Gasteiger partial charge in [0, 0.05) is 22.8 Å². The van der Waals surface area contributed by atoms with Crippen LogP contribution in [-0.4, -0.2) is 4.98 Å². The average Bonchev–Trinajstić information content (AvgIpc) is 2.62. The summed E-state index contributed by atoms with van der Waals surface area (Å²) in [7, 11) is 0. The molecule has 0 amide bonds. The molecule has 0 saturated carbocycles. The Balaban J connectivity index is 2.59. The first-order valence-corrected chi connectivity index (χ1v) is 5.45. The second-order valence-electron chi connectivity index (χ2n) is 2.57. The standard InChI is InChI=1S/C9H7BrN2S/c10-8-7(11)1-3-12-9(8)6-2-4-13-5-6/h1-5H,(H2,11,12). The van der Waals surface area contributed by atoms with E-state index in [1.165, 1.54) is 0 Å². The fourth-order valence-corrected chi connectivity index (χ4v) is 2.16. The van der Waals surface area contributed by atoms with Gasteiger partial charge in [-0.15, -0.1) is 0 Å². The molecule has 0 radical (unpaired) electrons. The number of rotatable bonds is 1. The van der Waals surface area contributed by atoms with E-state index >= 15 is 0 Å². The normalized spacial score (nSPS) is 10.2. The molecule has 0 bridgehead atoms. The van der Waals surface area contributed by atoms with Gasteiger partial charge >= 0.3 is 0 Å². The van der Waals surface area contributed by atoms with Gasteiger partial charge in [-0.05, 0) is 33.4 Å². The van der Waals surface area contributed by atoms with E-state index in [4.69, 9.17) is 5.73 Å². The molecule has 0 aromatic carbocycles. The first-order valence-electron chi connectivity index (χ1n) is 3.71. The van der Waals surface area contributed by atoms with Crippen molar-refractivity contribution in [3.8, 4) is 11.3 Å². The van der Waals surface area contributed by atoms with Gasteiger partial charge in [0.15, 0.2) is 0 Å². The summed E-state index contributed by atoms with van der Waals surface area (Å²) in [5, 5.41) is 4.07. The summed E-state index contributed by atoms with van der Waals surface area (Å²) in [6, 6.07) is 3.80. The number of hydrogen-bond acceptors (Lipinski definition) is 3. The maximum atomic E-state index is 5.74. The molecule has 2 N–H and O–H groups in total. The molecule has 4 heteroatoms. The topological polar surface area (TPSA) is 38.9 Å². The van der Waals surface area contributed by atoms with E-state index in [1.807, 2.05) is 16.8 Å². The number of nitrogen functional groups attached to an aromatic ring is 1. The van der Waals surface area contributed by atoms with Gasteiger partial charge in [0.25, 0.3) is 0 Å². The summed E-state index contributed by atoms with van der Waals surface area (Å²) in [6.45, 7) is 0. The largest absolute Gasteiger partial charge is 0.398 e. The lowest BCUT2D eigenvalue weighted by Gasteiger charge is -2.02. The van der Waals surface area contributed by atoms with Gasteiger partial charge in [-0.1, -0.05) is 0 Å². The fourth-order valence-electron chi connectivity index (χ4n) is 1.06. The summed E-state index contributed by atoms with van der Waals surface area (Å²) in [5.74, 6) is 0. The van der Waals surface area contributed by atoms with Crippen molar-refractivity contribution in [2.24, 2.45) is 0 Å². The summed E-state index contributed by atoms with van der Waals surface area (Å²) in [5.41, 5.74) is 8.47. The zero-order valence-corrected chi connectivity index (χ0v) is 9.10. The lowest BCUT2D eigenvalue weighted by atomic mass is 10.2. The number of aromatic nitrogens is 1. The molecule has 13 heavy (non-hydrogen) atoms. The molecular formula is C9H7BrN2S. The van der Waals surface area contributed by atoms with E-state index in [2.05, 4.69) is 20.9 Å². The van der Waals surface area contributed by atoms with Crippen LogP contribution in [0.25, 0.3) is 11.3 Å². The van der Waals surface area contributed by atoms with Crippen LogP contribution in [-0.2, 0) is 0 Å². The van der Waals surface area contributed by atoms with Crippen LogP contribution in [0.4, 0.5) is 5.69 Å². The number of hydrogen-bond donors (Lipinski definition) is 1. The van der Waals surface area contributed by atoms with E-state index in [0.717, 1.165) is 21.4 Å². The molecule has 2 nitrogen and oxygen atoms in total. The Labute approximate surface area is 88.6 Å². The maximum Gasteiger partial charge on any atom is 0.0873 e. The highest BCUT2D eigenvalue weighted by atomic mass is 79.9. The molecule has 0 atom stereocenters. The van der Waals surface area contributed by atoms with Crippen LogP contribution in [0.3, 0.4) is 0 Å². The predicted octanol–water partition coefficient (Wildman–Crippen LogP) is 3.15. The molecule has 0 aliphatic heterocycles. The molecule has 2 heterocycles. The van der Waals surface area contributed by atoms with Crippen molar-refractivity contribution in [1.29, 1.82) is 0 Å². The monoisotopic (exact) mass is 254 g/mol. The summed E-state index contributed by atoms with van der Waals surface area (Å²) >= 11 is 5.07. The van der Waals surface area contributed by atoms with Crippen molar-refractivity contribution in [1.82, 2.24) is 4.98 Å². The van der Waals surface area contributed by atoms with Gasteiger partial charge in [0.05, 0.1) is 10.2 Å². The highest BCUT2D eigenvalue weighted by Gasteiger charge is 2.06. The van der Waals surface area contributed by atoms with Crippen LogP contribution in [0.2, 0.25) is 0 Å². The Bertz CT molecular complexity index is 412. The van der Waals surface area contributed by atoms with Crippen molar-refractivity contribution in [2.75, 3.05) is 5.73 Å². The summed E-state index contributed by atoms with van der Waals surface area (Å²) in [4.78, 5) is 4.26. The molecular weight excluding hydrogens is 248 g/mol. The van der Waals surface area contributed by atoms with Crippen molar-refractivity contribution >= 4 is 33.0 Å². The van der Waals surface area contributed by atoms with Gasteiger partial charge in [0.1, 0.15) is 0 Å². The lowest BCUT2D eigenvalue weighted by molar-refractivity contribution is 1.32. The third-order valence-electron chi connectivity index (χ3n) is 1.71. The highest BCUT2D eigenvalue weighted by molar-refractivity contribution is 9.10. The number of pyridine rings is 1. The predicted molar refractivity (Wildman–Crippen MR) is 59.7 cm³/mol. The Hall–Kier alpha value is -0.870. The first-order chi connectivity index (χ1) is 6.29. The quantitative estimate of drug-likeness (QED) is 0.850. The molecule has 0 aliphatic carbocycles. The first kappa shape index (κ1) is 8.72. The van der Waals surface area contributed by atoms with Crippen LogP contribution in [0.5, 0.6) is 0 Å². The van der Waals surface area contributed by atoms with Crippen molar-refractivity contribution in [3.05, 3.63) is 33.6 Å². The Morgan fingerprint density at radius 3 is 2.92 bits per heavy atom. The van der Waals surface area contributed by atoms with E-state index in [0.29, 0.717) is 0 Å². The van der Waals surface area contributed by atoms with Crippen LogP contribution >= 0.6 is 27.3 Å². The van der Waals surface area contributed by atoms with Crippen molar-refractivity contribution < 1.29 is 0 Å². The molecule has 0 aliphatic rings. The van der Waals surface area contributed by atoms with Gasteiger partial charge in [-0.25, -0.2) is 0 Å². The number of thiophene rings is 1. The molecule has 2 aromatic rings. The van der Waals surface area contributed by atoms with Crippen LogP contribution in [0.15, 0.2) is 33.6 Å². The van der Waals surface area contributed by atoms with Gasteiger partial charge in [0.2, 0.25) is 0 Å². The van der Waals surface area contributed by atoms with Crippen molar-refractivity contribution in [3.63, 3.8) is 0 Å². The molecule has 0 unspecified atom stereocenters. The highest BCUT2D eigenvalue weighted by Crippen LogP contribution is 2.31.